The van der Waals surface area contributed by atoms with E-state index in [-0.39, 0.29) is 17.7 Å². The SMILES string of the molecule is COC1C=CC(c2nc(C(=O)O)cc3c2[nH]c2ccccc23)CC1. The van der Waals surface area contributed by atoms with Crippen molar-refractivity contribution in [1.82, 2.24) is 9.97 Å². The third-order valence-corrected chi connectivity index (χ3v) is 4.72. The number of allylic oxidation sites excluding steroid dienone is 1. The van der Waals surface area contributed by atoms with Crippen LogP contribution in [0.3, 0.4) is 0 Å². The average molecular weight is 322 g/mol. The van der Waals surface area contributed by atoms with Crippen molar-refractivity contribution in [3.8, 4) is 0 Å². The Hall–Kier alpha value is -2.66. The van der Waals surface area contributed by atoms with Crippen molar-refractivity contribution >= 4 is 27.8 Å². The number of aromatic nitrogens is 2. The molecule has 0 radical (unpaired) electrons. The third kappa shape index (κ3) is 2.37. The molecular weight excluding hydrogens is 304 g/mol. The first-order valence-corrected chi connectivity index (χ1v) is 8.03. The minimum absolute atomic E-state index is 0.0875. The highest BCUT2D eigenvalue weighted by molar-refractivity contribution is 6.09. The van der Waals surface area contributed by atoms with E-state index in [1.54, 1.807) is 13.2 Å². The van der Waals surface area contributed by atoms with Gasteiger partial charge in [-0.15, -0.1) is 0 Å². The van der Waals surface area contributed by atoms with E-state index in [2.05, 4.69) is 16.0 Å². The number of methoxy groups -OCH3 is 1. The Balaban J connectivity index is 1.95. The molecule has 5 heteroatoms. The molecule has 1 aliphatic rings. The summed E-state index contributed by atoms with van der Waals surface area (Å²) < 4.78 is 5.36. The number of fused-ring (bicyclic) bond motifs is 3. The first-order chi connectivity index (χ1) is 11.7. The zero-order valence-electron chi connectivity index (χ0n) is 13.3. The number of hydrogen-bond acceptors (Lipinski definition) is 3. The number of rotatable bonds is 3. The van der Waals surface area contributed by atoms with Gasteiger partial charge in [0, 0.05) is 29.3 Å². The van der Waals surface area contributed by atoms with Gasteiger partial charge in [-0.05, 0) is 25.0 Å². The van der Waals surface area contributed by atoms with E-state index in [1.165, 1.54) is 0 Å². The summed E-state index contributed by atoms with van der Waals surface area (Å²) in [5.74, 6) is -0.913. The van der Waals surface area contributed by atoms with Crippen LogP contribution in [0.15, 0.2) is 42.5 Å². The summed E-state index contributed by atoms with van der Waals surface area (Å²) in [6.07, 6.45) is 6.03. The van der Waals surface area contributed by atoms with Crippen molar-refractivity contribution in [3.05, 3.63) is 53.9 Å². The van der Waals surface area contributed by atoms with Gasteiger partial charge in [0.15, 0.2) is 0 Å². The number of carboxylic acids is 1. The van der Waals surface area contributed by atoms with Crippen molar-refractivity contribution in [3.63, 3.8) is 0 Å². The van der Waals surface area contributed by atoms with Crippen LogP contribution in [0, 0.1) is 0 Å². The summed E-state index contributed by atoms with van der Waals surface area (Å²) in [5, 5.41) is 11.4. The summed E-state index contributed by atoms with van der Waals surface area (Å²) in [6.45, 7) is 0. The zero-order chi connectivity index (χ0) is 16.7. The molecule has 4 rings (SSSR count). The Kier molecular flexibility index (Phi) is 3.58. The molecule has 0 saturated carbocycles. The molecule has 0 amide bonds. The molecule has 2 atom stereocenters. The van der Waals surface area contributed by atoms with Crippen LogP contribution in [0.25, 0.3) is 21.8 Å². The number of carbonyl (C=O) groups is 1. The second-order valence-electron chi connectivity index (χ2n) is 6.13. The van der Waals surface area contributed by atoms with Gasteiger partial charge >= 0.3 is 5.97 Å². The third-order valence-electron chi connectivity index (χ3n) is 4.72. The van der Waals surface area contributed by atoms with Gasteiger partial charge in [0.2, 0.25) is 0 Å². The van der Waals surface area contributed by atoms with Gasteiger partial charge in [0.05, 0.1) is 17.3 Å². The fraction of sp³-hybridized carbons (Fsp3) is 0.263. The van der Waals surface area contributed by atoms with Gasteiger partial charge in [-0.2, -0.15) is 0 Å². The predicted molar refractivity (Wildman–Crippen MR) is 92.5 cm³/mol. The normalized spacial score (nSPS) is 20.7. The molecule has 2 heterocycles. The Labute approximate surface area is 139 Å². The lowest BCUT2D eigenvalue weighted by Gasteiger charge is -2.22. The van der Waals surface area contributed by atoms with E-state index in [0.29, 0.717) is 0 Å². The number of aromatic carboxylic acids is 1. The Bertz CT molecular complexity index is 958. The van der Waals surface area contributed by atoms with Crippen LogP contribution < -0.4 is 0 Å². The Morgan fingerprint density at radius 3 is 2.79 bits per heavy atom. The molecule has 2 unspecified atom stereocenters. The van der Waals surface area contributed by atoms with Crippen molar-refractivity contribution in [2.45, 2.75) is 24.9 Å². The first kappa shape index (κ1) is 14.9. The molecule has 0 aliphatic heterocycles. The number of nitrogens with zero attached hydrogens (tertiary/aromatic N) is 1. The number of nitrogens with one attached hydrogen (secondary N) is 1. The van der Waals surface area contributed by atoms with E-state index in [4.69, 9.17) is 4.74 Å². The van der Waals surface area contributed by atoms with E-state index in [1.807, 2.05) is 30.3 Å². The highest BCUT2D eigenvalue weighted by Crippen LogP contribution is 2.35. The van der Waals surface area contributed by atoms with Crippen molar-refractivity contribution < 1.29 is 14.6 Å². The van der Waals surface area contributed by atoms with E-state index in [0.717, 1.165) is 40.3 Å². The summed E-state index contributed by atoms with van der Waals surface area (Å²) in [6, 6.07) is 9.58. The topological polar surface area (TPSA) is 75.2 Å². The summed E-state index contributed by atoms with van der Waals surface area (Å²) in [7, 11) is 1.70. The lowest BCUT2D eigenvalue weighted by Crippen LogP contribution is -2.15. The lowest BCUT2D eigenvalue weighted by molar-refractivity contribution is 0.0690. The van der Waals surface area contributed by atoms with Crippen LogP contribution in [0.4, 0.5) is 0 Å². The van der Waals surface area contributed by atoms with Gasteiger partial charge in [0.25, 0.3) is 0 Å². The fourth-order valence-electron chi connectivity index (χ4n) is 3.47. The van der Waals surface area contributed by atoms with Gasteiger partial charge in [-0.3, -0.25) is 0 Å². The maximum Gasteiger partial charge on any atom is 0.354 e. The Morgan fingerprint density at radius 2 is 2.08 bits per heavy atom. The standard InChI is InChI=1S/C19H18N2O3/c1-24-12-8-6-11(7-9-12)17-18-14(10-16(21-17)19(22)23)13-4-2-3-5-15(13)20-18/h2-6,8,10-12,20H,7,9H2,1H3,(H,22,23). The van der Waals surface area contributed by atoms with Crippen LogP contribution in [-0.2, 0) is 4.74 Å². The Morgan fingerprint density at radius 1 is 1.25 bits per heavy atom. The van der Waals surface area contributed by atoms with Gasteiger partial charge in [-0.25, -0.2) is 9.78 Å². The largest absolute Gasteiger partial charge is 0.477 e. The quantitative estimate of drug-likeness (QED) is 0.718. The molecule has 2 aromatic heterocycles. The highest BCUT2D eigenvalue weighted by atomic mass is 16.5. The molecule has 0 fully saturated rings. The highest BCUT2D eigenvalue weighted by Gasteiger charge is 2.23. The molecule has 2 N–H and O–H groups in total. The molecule has 0 spiro atoms. The molecular formula is C19H18N2O3. The van der Waals surface area contributed by atoms with Gasteiger partial charge in [0.1, 0.15) is 5.69 Å². The number of pyridine rings is 1. The van der Waals surface area contributed by atoms with Gasteiger partial charge < -0.3 is 14.8 Å². The van der Waals surface area contributed by atoms with Crippen LogP contribution in [0.5, 0.6) is 0 Å². The van der Waals surface area contributed by atoms with Crippen LogP contribution in [0.1, 0.15) is 34.9 Å². The average Bonchev–Trinajstić information content (AvgIpc) is 2.99. The number of H-pyrrole nitrogens is 1. The zero-order valence-corrected chi connectivity index (χ0v) is 13.3. The number of aromatic amines is 1. The number of carboxylic acid groups (broad SMARTS) is 1. The van der Waals surface area contributed by atoms with Gasteiger partial charge in [-0.1, -0.05) is 30.4 Å². The lowest BCUT2D eigenvalue weighted by atomic mass is 9.90. The maximum atomic E-state index is 11.5. The summed E-state index contributed by atoms with van der Waals surface area (Å²) >= 11 is 0. The molecule has 1 aromatic carbocycles. The number of para-hydroxylation sites is 1. The molecule has 5 nitrogen and oxygen atoms in total. The minimum atomic E-state index is -1.00. The molecule has 1 aliphatic carbocycles. The van der Waals surface area contributed by atoms with E-state index < -0.39 is 5.97 Å². The minimum Gasteiger partial charge on any atom is -0.477 e. The van der Waals surface area contributed by atoms with Crippen molar-refractivity contribution in [2.75, 3.05) is 7.11 Å². The second kappa shape index (κ2) is 5.76. The molecule has 0 bridgehead atoms. The number of hydrogen-bond donors (Lipinski definition) is 2. The smallest absolute Gasteiger partial charge is 0.354 e. The monoisotopic (exact) mass is 322 g/mol. The van der Waals surface area contributed by atoms with Crippen LogP contribution >= 0.6 is 0 Å². The summed E-state index contributed by atoms with van der Waals surface area (Å²) in [5.41, 5.74) is 2.80. The fourth-order valence-corrected chi connectivity index (χ4v) is 3.47. The van der Waals surface area contributed by atoms with Crippen LogP contribution in [0.2, 0.25) is 0 Å². The summed E-state index contributed by atoms with van der Waals surface area (Å²) in [4.78, 5) is 19.4. The van der Waals surface area contributed by atoms with E-state index in [9.17, 15) is 9.90 Å². The van der Waals surface area contributed by atoms with Crippen LogP contribution in [-0.4, -0.2) is 34.3 Å². The first-order valence-electron chi connectivity index (χ1n) is 8.03. The number of benzene rings is 1. The molecule has 0 saturated heterocycles. The second-order valence-corrected chi connectivity index (χ2v) is 6.13. The van der Waals surface area contributed by atoms with Crippen molar-refractivity contribution in [2.24, 2.45) is 0 Å². The molecule has 122 valence electrons. The predicted octanol–water partition coefficient (Wildman–Crippen LogP) is 3.86. The maximum absolute atomic E-state index is 11.5. The van der Waals surface area contributed by atoms with E-state index >= 15 is 0 Å². The molecule has 3 aromatic rings. The molecule has 24 heavy (non-hydrogen) atoms. The number of ether oxygens (including phenoxy) is 1. The van der Waals surface area contributed by atoms with Crippen molar-refractivity contribution in [1.29, 1.82) is 0 Å².